The molecule has 1 unspecified atom stereocenters. The van der Waals surface area contributed by atoms with Gasteiger partial charge in [-0.1, -0.05) is 6.92 Å². The number of aryl methyl sites for hydroxylation is 1. The van der Waals surface area contributed by atoms with Crippen LogP contribution in [0.25, 0.3) is 0 Å². The first kappa shape index (κ1) is 19.3. The maximum Gasteiger partial charge on any atom is 0.222 e. The molecule has 1 N–H and O–H groups in total. The number of likely N-dealkylation sites (tertiary alicyclic amines) is 1. The molecule has 1 aromatic rings. The highest BCUT2D eigenvalue weighted by molar-refractivity contribution is 5.97. The summed E-state index contributed by atoms with van der Waals surface area (Å²) in [6.45, 7) is 3.44. The van der Waals surface area contributed by atoms with Gasteiger partial charge in [-0.05, 0) is 38.2 Å². The van der Waals surface area contributed by atoms with Crippen molar-refractivity contribution in [1.29, 1.82) is 0 Å². The summed E-state index contributed by atoms with van der Waals surface area (Å²) in [5.41, 5.74) is 1.87. The van der Waals surface area contributed by atoms with Crippen molar-refractivity contribution < 1.29 is 9.59 Å². The Morgan fingerprint density at radius 2 is 2.07 bits per heavy atom. The lowest BCUT2D eigenvalue weighted by Gasteiger charge is -2.31. The molecule has 1 saturated heterocycles. The normalized spacial score (nSPS) is 20.3. The minimum absolute atomic E-state index is 0.00159. The fraction of sp³-hybridized carbons (Fsp3) is 0.600. The third-order valence-electron chi connectivity index (χ3n) is 5.35. The van der Waals surface area contributed by atoms with Crippen LogP contribution in [0, 0.1) is 5.92 Å². The predicted molar refractivity (Wildman–Crippen MR) is 104 cm³/mol. The van der Waals surface area contributed by atoms with E-state index in [1.54, 1.807) is 17.1 Å². The zero-order chi connectivity index (χ0) is 19.2. The SMILES string of the molecule is CCC1=CC=NC(CCCC(=O)N2CCC(C(=O)c3cnn(C)c3)CC2)N1. The van der Waals surface area contributed by atoms with E-state index in [2.05, 4.69) is 22.3 Å². The van der Waals surface area contributed by atoms with Crippen LogP contribution in [-0.4, -0.2) is 51.8 Å². The Balaban J connectivity index is 1.38. The van der Waals surface area contributed by atoms with Crippen LogP contribution in [0.3, 0.4) is 0 Å². The van der Waals surface area contributed by atoms with Crippen molar-refractivity contribution in [1.82, 2.24) is 20.0 Å². The standard InChI is InChI=1S/C20H29N5O2/c1-3-17-7-10-21-18(23-17)5-4-6-19(26)25-11-8-15(9-12-25)20(27)16-13-22-24(2)14-16/h7,10,13-15,18,23H,3-6,8-9,11-12H2,1-2H3. The van der Waals surface area contributed by atoms with Crippen LogP contribution >= 0.6 is 0 Å². The van der Waals surface area contributed by atoms with Gasteiger partial charge in [0.25, 0.3) is 0 Å². The van der Waals surface area contributed by atoms with Gasteiger partial charge in [0.2, 0.25) is 5.91 Å². The highest BCUT2D eigenvalue weighted by Crippen LogP contribution is 2.22. The molecule has 1 aromatic heterocycles. The summed E-state index contributed by atoms with van der Waals surface area (Å²) >= 11 is 0. The second-order valence-electron chi connectivity index (χ2n) is 7.32. The summed E-state index contributed by atoms with van der Waals surface area (Å²) in [4.78, 5) is 31.3. The van der Waals surface area contributed by atoms with E-state index in [4.69, 9.17) is 0 Å². The number of nitrogens with zero attached hydrogens (tertiary/aromatic N) is 4. The molecule has 2 aliphatic heterocycles. The average molecular weight is 371 g/mol. The first-order chi connectivity index (χ1) is 13.1. The van der Waals surface area contributed by atoms with E-state index in [-0.39, 0.29) is 23.8 Å². The predicted octanol–water partition coefficient (Wildman–Crippen LogP) is 2.31. The second-order valence-corrected chi connectivity index (χ2v) is 7.32. The van der Waals surface area contributed by atoms with Gasteiger partial charge >= 0.3 is 0 Å². The summed E-state index contributed by atoms with van der Waals surface area (Å²) in [6.07, 6.45) is 12.0. The van der Waals surface area contributed by atoms with Crippen LogP contribution < -0.4 is 5.32 Å². The van der Waals surface area contributed by atoms with E-state index in [0.29, 0.717) is 25.1 Å². The Labute approximate surface area is 160 Å². The van der Waals surface area contributed by atoms with E-state index < -0.39 is 0 Å². The Hall–Kier alpha value is -2.44. The first-order valence-corrected chi connectivity index (χ1v) is 9.86. The molecule has 2 aliphatic rings. The molecule has 3 rings (SSSR count). The number of rotatable bonds is 7. The number of aromatic nitrogens is 2. The molecule has 1 amide bonds. The third kappa shape index (κ3) is 5.05. The molecule has 0 saturated carbocycles. The second kappa shape index (κ2) is 8.97. The van der Waals surface area contributed by atoms with Gasteiger partial charge in [-0.25, -0.2) is 0 Å². The molecule has 7 nitrogen and oxygen atoms in total. The molecular formula is C20H29N5O2. The van der Waals surface area contributed by atoms with Crippen molar-refractivity contribution in [2.45, 2.75) is 51.6 Å². The topological polar surface area (TPSA) is 79.6 Å². The summed E-state index contributed by atoms with van der Waals surface area (Å²) < 4.78 is 1.65. The third-order valence-corrected chi connectivity index (χ3v) is 5.35. The number of amides is 1. The Kier molecular flexibility index (Phi) is 6.42. The van der Waals surface area contributed by atoms with Crippen LogP contribution in [0.2, 0.25) is 0 Å². The van der Waals surface area contributed by atoms with Crippen molar-refractivity contribution in [3.8, 4) is 0 Å². The van der Waals surface area contributed by atoms with Gasteiger partial charge in [-0.3, -0.25) is 19.3 Å². The minimum atomic E-state index is -0.00159. The number of carbonyl (C=O) groups excluding carboxylic acids is 2. The summed E-state index contributed by atoms with van der Waals surface area (Å²) in [6, 6.07) is 0. The highest BCUT2D eigenvalue weighted by atomic mass is 16.2. The minimum Gasteiger partial charge on any atom is -0.367 e. The van der Waals surface area contributed by atoms with Gasteiger partial charge in [0, 0.05) is 50.6 Å². The van der Waals surface area contributed by atoms with Crippen LogP contribution in [0.5, 0.6) is 0 Å². The van der Waals surface area contributed by atoms with Gasteiger partial charge in [-0.15, -0.1) is 0 Å². The molecule has 0 aliphatic carbocycles. The van der Waals surface area contributed by atoms with Crippen molar-refractivity contribution in [3.63, 3.8) is 0 Å². The molecule has 1 atom stereocenters. The van der Waals surface area contributed by atoms with Crippen LogP contribution in [0.15, 0.2) is 29.2 Å². The number of ketones is 1. The summed E-state index contributed by atoms with van der Waals surface area (Å²) in [5, 5.41) is 7.46. The van der Waals surface area contributed by atoms with Gasteiger partial charge in [0.15, 0.2) is 5.78 Å². The molecule has 0 radical (unpaired) electrons. The zero-order valence-electron chi connectivity index (χ0n) is 16.2. The zero-order valence-corrected chi connectivity index (χ0v) is 16.2. The monoisotopic (exact) mass is 371 g/mol. The van der Waals surface area contributed by atoms with Crippen molar-refractivity contribution >= 4 is 17.9 Å². The van der Waals surface area contributed by atoms with Gasteiger partial charge < -0.3 is 10.2 Å². The van der Waals surface area contributed by atoms with E-state index in [1.807, 2.05) is 24.2 Å². The molecule has 0 spiro atoms. The number of piperidine rings is 1. The Morgan fingerprint density at radius 3 is 2.74 bits per heavy atom. The van der Waals surface area contributed by atoms with Crippen LogP contribution in [-0.2, 0) is 11.8 Å². The maximum absolute atomic E-state index is 12.5. The highest BCUT2D eigenvalue weighted by Gasteiger charge is 2.28. The fourth-order valence-electron chi connectivity index (χ4n) is 3.68. The lowest BCUT2D eigenvalue weighted by Crippen LogP contribution is -2.40. The number of hydrogen-bond donors (Lipinski definition) is 1. The van der Waals surface area contributed by atoms with Gasteiger partial charge in [0.1, 0.15) is 6.17 Å². The molecular weight excluding hydrogens is 342 g/mol. The van der Waals surface area contributed by atoms with Crippen LogP contribution in [0.1, 0.15) is 55.8 Å². The molecule has 3 heterocycles. The number of aliphatic imine (C=N–C) groups is 1. The summed E-state index contributed by atoms with van der Waals surface area (Å²) in [5.74, 6) is 0.336. The number of hydrogen-bond acceptors (Lipinski definition) is 5. The number of allylic oxidation sites excluding steroid dienone is 2. The molecule has 1 fully saturated rings. The van der Waals surface area contributed by atoms with Gasteiger partial charge in [-0.2, -0.15) is 5.10 Å². The number of carbonyl (C=O) groups is 2. The maximum atomic E-state index is 12.5. The summed E-state index contributed by atoms with van der Waals surface area (Å²) in [7, 11) is 1.81. The smallest absolute Gasteiger partial charge is 0.222 e. The van der Waals surface area contributed by atoms with Crippen molar-refractivity contribution in [2.24, 2.45) is 18.0 Å². The molecule has 0 bridgehead atoms. The largest absolute Gasteiger partial charge is 0.367 e. The lowest BCUT2D eigenvalue weighted by atomic mass is 9.90. The molecule has 7 heteroatoms. The molecule has 0 aromatic carbocycles. The van der Waals surface area contributed by atoms with E-state index >= 15 is 0 Å². The average Bonchev–Trinajstić information content (AvgIpc) is 3.14. The number of Topliss-reactive ketones (excluding diaryl/α,β-unsaturated/α-hetero) is 1. The van der Waals surface area contributed by atoms with Crippen molar-refractivity contribution in [3.05, 3.63) is 29.7 Å². The quantitative estimate of drug-likeness (QED) is 0.746. The number of nitrogens with one attached hydrogen (secondary N) is 1. The molecule has 146 valence electrons. The first-order valence-electron chi connectivity index (χ1n) is 9.86. The van der Waals surface area contributed by atoms with Crippen LogP contribution in [0.4, 0.5) is 0 Å². The molecule has 27 heavy (non-hydrogen) atoms. The van der Waals surface area contributed by atoms with E-state index in [9.17, 15) is 9.59 Å². The fourth-order valence-corrected chi connectivity index (χ4v) is 3.68. The lowest BCUT2D eigenvalue weighted by molar-refractivity contribution is -0.132. The Bertz CT molecular complexity index is 728. The van der Waals surface area contributed by atoms with Gasteiger partial charge in [0.05, 0.1) is 11.8 Å². The van der Waals surface area contributed by atoms with Crippen molar-refractivity contribution in [2.75, 3.05) is 13.1 Å². The Morgan fingerprint density at radius 1 is 1.30 bits per heavy atom. The van der Waals surface area contributed by atoms with E-state index in [1.165, 1.54) is 5.70 Å². The van der Waals surface area contributed by atoms with E-state index in [0.717, 1.165) is 32.1 Å².